The minimum Gasteiger partial charge on any atom is -0.480 e. The largest absolute Gasteiger partial charge is 0.480 e. The van der Waals surface area contributed by atoms with E-state index in [2.05, 4.69) is 16.0 Å². The lowest BCUT2D eigenvalue weighted by Gasteiger charge is -2.23. The third-order valence-corrected chi connectivity index (χ3v) is 4.13. The maximum atomic E-state index is 12.5. The Morgan fingerprint density at radius 3 is 2.04 bits per heavy atom. The molecule has 0 aromatic carbocycles. The summed E-state index contributed by atoms with van der Waals surface area (Å²) in [7, 11) is 0. The highest BCUT2D eigenvalue weighted by Crippen LogP contribution is 2.04. The molecule has 0 aliphatic rings. The van der Waals surface area contributed by atoms with Crippen LogP contribution >= 0.6 is 11.8 Å². The zero-order chi connectivity index (χ0) is 21.0. The van der Waals surface area contributed by atoms with Crippen LogP contribution in [0.25, 0.3) is 0 Å². The monoisotopic (exact) mass is 405 g/mol. The molecule has 27 heavy (non-hydrogen) atoms. The molecule has 0 aromatic rings. The van der Waals surface area contributed by atoms with Gasteiger partial charge in [-0.25, -0.2) is 0 Å². The van der Waals surface area contributed by atoms with Crippen LogP contribution in [-0.2, 0) is 24.0 Å². The number of hydrogen-bond donors (Lipinski definition) is 6. The van der Waals surface area contributed by atoms with Crippen LogP contribution in [0, 0.1) is 0 Å². The maximum Gasteiger partial charge on any atom is 0.325 e. The molecule has 0 aromatic heterocycles. The second-order valence-electron chi connectivity index (χ2n) is 5.74. The molecule has 0 aliphatic heterocycles. The standard InChI is InChI=1S/C15H27N5O6S/c1-8(15(25)26)18-13(23)9(3-4-11(17)21)20-14(24)10(5-6-27-2)19-12(22)7-16/h8-10H,3-7,16H2,1-2H3,(H2,17,21)(H,18,23)(H,19,22)(H,20,24)(H,25,26). The average Bonchev–Trinajstić information content (AvgIpc) is 2.60. The molecule has 3 atom stereocenters. The van der Waals surface area contributed by atoms with Gasteiger partial charge >= 0.3 is 5.97 Å². The van der Waals surface area contributed by atoms with Gasteiger partial charge in [0, 0.05) is 6.42 Å². The summed E-state index contributed by atoms with van der Waals surface area (Å²) >= 11 is 1.46. The highest BCUT2D eigenvalue weighted by Gasteiger charge is 2.28. The summed E-state index contributed by atoms with van der Waals surface area (Å²) in [5, 5.41) is 16.0. The molecular weight excluding hydrogens is 378 g/mol. The number of carboxylic acid groups (broad SMARTS) is 1. The quantitative estimate of drug-likeness (QED) is 0.194. The van der Waals surface area contributed by atoms with Crippen molar-refractivity contribution < 1.29 is 29.1 Å². The number of carboxylic acids is 1. The summed E-state index contributed by atoms with van der Waals surface area (Å²) in [5.41, 5.74) is 10.3. The minimum absolute atomic E-state index is 0.112. The molecule has 154 valence electrons. The van der Waals surface area contributed by atoms with Crippen molar-refractivity contribution >= 4 is 41.4 Å². The smallest absolute Gasteiger partial charge is 0.325 e. The molecule has 0 aliphatic carbocycles. The molecule has 0 spiro atoms. The Hall–Kier alpha value is -2.34. The van der Waals surface area contributed by atoms with Crippen LogP contribution < -0.4 is 27.4 Å². The first kappa shape index (κ1) is 24.7. The first-order chi connectivity index (χ1) is 12.6. The van der Waals surface area contributed by atoms with E-state index in [1.54, 1.807) is 0 Å². The lowest BCUT2D eigenvalue weighted by Crippen LogP contribution is -2.56. The Morgan fingerprint density at radius 1 is 1.00 bits per heavy atom. The number of carbonyl (C=O) groups is 5. The van der Waals surface area contributed by atoms with Gasteiger partial charge in [0.1, 0.15) is 18.1 Å². The molecule has 8 N–H and O–H groups in total. The van der Waals surface area contributed by atoms with Gasteiger partial charge in [0.2, 0.25) is 23.6 Å². The lowest BCUT2D eigenvalue weighted by molar-refractivity contribution is -0.142. The van der Waals surface area contributed by atoms with Gasteiger partial charge in [-0.15, -0.1) is 0 Å². The molecule has 0 bridgehead atoms. The van der Waals surface area contributed by atoms with Crippen molar-refractivity contribution in [1.29, 1.82) is 0 Å². The van der Waals surface area contributed by atoms with Crippen molar-refractivity contribution in [3.8, 4) is 0 Å². The number of hydrogen-bond acceptors (Lipinski definition) is 7. The molecule has 0 saturated carbocycles. The topological polar surface area (TPSA) is 194 Å². The van der Waals surface area contributed by atoms with Crippen molar-refractivity contribution in [2.75, 3.05) is 18.6 Å². The highest BCUT2D eigenvalue weighted by molar-refractivity contribution is 7.98. The molecule has 0 saturated heterocycles. The number of aliphatic carboxylic acids is 1. The van der Waals surface area contributed by atoms with Crippen molar-refractivity contribution in [3.05, 3.63) is 0 Å². The third kappa shape index (κ3) is 10.4. The molecule has 4 amide bonds. The molecule has 11 nitrogen and oxygen atoms in total. The fourth-order valence-corrected chi connectivity index (χ4v) is 2.43. The fourth-order valence-electron chi connectivity index (χ4n) is 1.96. The second-order valence-corrected chi connectivity index (χ2v) is 6.73. The molecule has 0 radical (unpaired) electrons. The summed E-state index contributed by atoms with van der Waals surface area (Å²) in [6, 6.07) is -3.29. The third-order valence-electron chi connectivity index (χ3n) is 3.49. The molecule has 0 rings (SSSR count). The Morgan fingerprint density at radius 2 is 1.56 bits per heavy atom. The first-order valence-electron chi connectivity index (χ1n) is 8.22. The van der Waals surface area contributed by atoms with E-state index in [0.717, 1.165) is 0 Å². The van der Waals surface area contributed by atoms with Gasteiger partial charge in [0.05, 0.1) is 6.54 Å². The summed E-state index contributed by atoms with van der Waals surface area (Å²) in [6.45, 7) is 0.959. The van der Waals surface area contributed by atoms with Crippen molar-refractivity contribution in [2.24, 2.45) is 11.5 Å². The lowest BCUT2D eigenvalue weighted by atomic mass is 10.1. The van der Waals surface area contributed by atoms with Gasteiger partial charge in [-0.1, -0.05) is 0 Å². The van der Waals surface area contributed by atoms with Gasteiger partial charge in [-0.3, -0.25) is 24.0 Å². The fraction of sp³-hybridized carbons (Fsp3) is 0.667. The summed E-state index contributed by atoms with van der Waals surface area (Å²) in [4.78, 5) is 58.2. The number of amides is 4. The van der Waals surface area contributed by atoms with Gasteiger partial charge in [-0.2, -0.15) is 11.8 Å². The normalized spacial score (nSPS) is 13.7. The van der Waals surface area contributed by atoms with E-state index in [0.29, 0.717) is 12.2 Å². The van der Waals surface area contributed by atoms with Crippen LogP contribution in [0.4, 0.5) is 0 Å². The van der Waals surface area contributed by atoms with Crippen LogP contribution in [0.15, 0.2) is 0 Å². The van der Waals surface area contributed by atoms with Crippen LogP contribution in [0.1, 0.15) is 26.2 Å². The van der Waals surface area contributed by atoms with E-state index in [-0.39, 0.29) is 19.4 Å². The van der Waals surface area contributed by atoms with E-state index in [9.17, 15) is 24.0 Å². The summed E-state index contributed by atoms with van der Waals surface area (Å²) < 4.78 is 0. The van der Waals surface area contributed by atoms with Crippen molar-refractivity contribution in [3.63, 3.8) is 0 Å². The van der Waals surface area contributed by atoms with Crippen LogP contribution in [0.2, 0.25) is 0 Å². The van der Waals surface area contributed by atoms with Gasteiger partial charge in [-0.05, 0) is 31.8 Å². The van der Waals surface area contributed by atoms with Crippen molar-refractivity contribution in [2.45, 2.75) is 44.3 Å². The maximum absolute atomic E-state index is 12.5. The van der Waals surface area contributed by atoms with E-state index >= 15 is 0 Å². The SMILES string of the molecule is CSCCC(NC(=O)CN)C(=O)NC(CCC(N)=O)C(=O)NC(C)C(=O)O. The van der Waals surface area contributed by atoms with Crippen LogP contribution in [0.5, 0.6) is 0 Å². The minimum atomic E-state index is -1.25. The number of rotatable bonds is 13. The van der Waals surface area contributed by atoms with E-state index < -0.39 is 47.7 Å². The van der Waals surface area contributed by atoms with E-state index in [1.165, 1.54) is 18.7 Å². The number of nitrogens with two attached hydrogens (primary N) is 2. The Bertz CT molecular complexity index is 559. The summed E-state index contributed by atoms with van der Waals surface area (Å²) in [5.74, 6) is -3.31. The predicted molar refractivity (Wildman–Crippen MR) is 99.6 cm³/mol. The Balaban J connectivity index is 5.18. The molecule has 0 heterocycles. The number of thioether (sulfide) groups is 1. The van der Waals surface area contributed by atoms with Gasteiger partial charge in [0.25, 0.3) is 0 Å². The average molecular weight is 405 g/mol. The van der Waals surface area contributed by atoms with Crippen molar-refractivity contribution in [1.82, 2.24) is 16.0 Å². The zero-order valence-electron chi connectivity index (χ0n) is 15.3. The Labute approximate surface area is 161 Å². The van der Waals surface area contributed by atoms with Crippen LogP contribution in [0.3, 0.4) is 0 Å². The number of primary amides is 1. The number of carbonyl (C=O) groups excluding carboxylic acids is 4. The molecular formula is C15H27N5O6S. The molecule has 0 fully saturated rings. The number of nitrogens with one attached hydrogen (secondary N) is 3. The van der Waals surface area contributed by atoms with Gasteiger partial charge < -0.3 is 32.5 Å². The van der Waals surface area contributed by atoms with Crippen LogP contribution in [-0.4, -0.2) is 71.4 Å². The second kappa shape index (κ2) is 12.9. The van der Waals surface area contributed by atoms with E-state index in [4.69, 9.17) is 16.6 Å². The summed E-state index contributed by atoms with van der Waals surface area (Å²) in [6.07, 6.45) is 1.83. The van der Waals surface area contributed by atoms with E-state index in [1.807, 2.05) is 6.26 Å². The first-order valence-corrected chi connectivity index (χ1v) is 9.61. The zero-order valence-corrected chi connectivity index (χ0v) is 16.1. The van der Waals surface area contributed by atoms with Gasteiger partial charge in [0.15, 0.2) is 0 Å². The molecule has 12 heteroatoms. The Kier molecular flexibility index (Phi) is 11.8. The molecule has 3 unspecified atom stereocenters. The predicted octanol–water partition coefficient (Wildman–Crippen LogP) is -2.48. The highest BCUT2D eigenvalue weighted by atomic mass is 32.2.